The first-order chi connectivity index (χ1) is 13.7. The molecular weight excluding hydrogens is 352 g/mol. The highest BCUT2D eigenvalue weighted by Crippen LogP contribution is 2.27. The van der Waals surface area contributed by atoms with Crippen molar-refractivity contribution >= 4 is 11.8 Å². The fourth-order valence-corrected chi connectivity index (χ4v) is 2.69. The normalized spacial score (nSPS) is 19.3. The number of nitrogens with zero attached hydrogens (tertiary/aromatic N) is 2. The van der Waals surface area contributed by atoms with Gasteiger partial charge >= 0.3 is 0 Å². The summed E-state index contributed by atoms with van der Waals surface area (Å²) >= 11 is 0. The van der Waals surface area contributed by atoms with Gasteiger partial charge in [-0.3, -0.25) is 0 Å². The maximum Gasteiger partial charge on any atom is 0.191 e. The summed E-state index contributed by atoms with van der Waals surface area (Å²) in [7, 11) is 3.30. The van der Waals surface area contributed by atoms with Crippen molar-refractivity contribution in [1.82, 2.24) is 0 Å². The molecule has 3 rings (SSSR count). The first-order valence-corrected chi connectivity index (χ1v) is 9.09. The van der Waals surface area contributed by atoms with Crippen molar-refractivity contribution < 1.29 is 14.2 Å². The number of hydrogen-bond donors (Lipinski definition) is 0. The van der Waals surface area contributed by atoms with Crippen LogP contribution in [0.3, 0.4) is 0 Å². The molecule has 0 saturated heterocycles. The van der Waals surface area contributed by atoms with Crippen LogP contribution in [0.4, 0.5) is 5.69 Å². The number of benzene rings is 2. The lowest BCUT2D eigenvalue weighted by Crippen LogP contribution is -2.33. The summed E-state index contributed by atoms with van der Waals surface area (Å²) in [6, 6.07) is 17.5. The van der Waals surface area contributed by atoms with Gasteiger partial charge < -0.3 is 14.2 Å². The zero-order chi connectivity index (χ0) is 19.7. The fourth-order valence-electron chi connectivity index (χ4n) is 2.69. The monoisotopic (exact) mass is 376 g/mol. The standard InChI is InChI=1S/C23H24N2O3/c1-26-22-12-10-19(11-13-22)7-6-18-28-23(27-2)16-14-21(15-17-23)25-24-20-8-4-3-5-9-20/h3-16H,17-18H2,1-2H3. The predicted molar refractivity (Wildman–Crippen MR) is 111 cm³/mol. The van der Waals surface area contributed by atoms with Gasteiger partial charge in [-0.05, 0) is 42.0 Å². The van der Waals surface area contributed by atoms with E-state index in [0.717, 1.165) is 22.7 Å². The summed E-state index contributed by atoms with van der Waals surface area (Å²) in [6.45, 7) is 0.429. The van der Waals surface area contributed by atoms with Crippen molar-refractivity contribution in [3.05, 3.63) is 90.2 Å². The van der Waals surface area contributed by atoms with Crippen LogP contribution in [0.2, 0.25) is 0 Å². The molecule has 144 valence electrons. The number of hydrogen-bond acceptors (Lipinski definition) is 5. The van der Waals surface area contributed by atoms with Crippen molar-refractivity contribution in [2.24, 2.45) is 10.2 Å². The van der Waals surface area contributed by atoms with Gasteiger partial charge in [-0.15, -0.1) is 0 Å². The molecule has 1 aliphatic carbocycles. The number of azo groups is 1. The molecule has 0 amide bonds. The zero-order valence-corrected chi connectivity index (χ0v) is 16.1. The summed E-state index contributed by atoms with van der Waals surface area (Å²) in [6.07, 6.45) is 10.2. The van der Waals surface area contributed by atoms with E-state index in [1.165, 1.54) is 0 Å². The molecule has 0 N–H and O–H groups in total. The Morgan fingerprint density at radius 2 is 1.79 bits per heavy atom. The van der Waals surface area contributed by atoms with Crippen LogP contribution in [0.15, 0.2) is 94.8 Å². The third-order valence-corrected chi connectivity index (χ3v) is 4.34. The lowest BCUT2D eigenvalue weighted by Gasteiger charge is -2.29. The van der Waals surface area contributed by atoms with Crippen LogP contribution in [0, 0.1) is 0 Å². The average Bonchev–Trinajstić information content (AvgIpc) is 2.77. The maximum absolute atomic E-state index is 5.96. The van der Waals surface area contributed by atoms with Crippen LogP contribution in [-0.4, -0.2) is 26.6 Å². The predicted octanol–water partition coefficient (Wildman–Crippen LogP) is 5.70. The Bertz CT molecular complexity index is 870. The van der Waals surface area contributed by atoms with E-state index in [4.69, 9.17) is 14.2 Å². The summed E-state index contributed by atoms with van der Waals surface area (Å²) < 4.78 is 16.7. The highest BCUT2D eigenvalue weighted by molar-refractivity contribution is 5.50. The molecule has 2 aromatic rings. The van der Waals surface area contributed by atoms with Crippen LogP contribution in [0.25, 0.3) is 6.08 Å². The molecule has 0 bridgehead atoms. The minimum atomic E-state index is -0.782. The van der Waals surface area contributed by atoms with E-state index < -0.39 is 5.79 Å². The second-order valence-corrected chi connectivity index (χ2v) is 6.20. The second-order valence-electron chi connectivity index (χ2n) is 6.20. The Balaban J connectivity index is 1.53. The van der Waals surface area contributed by atoms with E-state index in [1.54, 1.807) is 14.2 Å². The quantitative estimate of drug-likeness (QED) is 0.439. The number of allylic oxidation sites excluding steroid dienone is 1. The third-order valence-electron chi connectivity index (χ3n) is 4.34. The molecule has 0 aliphatic heterocycles. The van der Waals surface area contributed by atoms with Crippen LogP contribution in [0.5, 0.6) is 5.75 Å². The minimum Gasteiger partial charge on any atom is -0.497 e. The summed E-state index contributed by atoms with van der Waals surface area (Å²) in [5.74, 6) is 0.0572. The molecule has 0 heterocycles. The number of methoxy groups -OCH3 is 2. The van der Waals surface area contributed by atoms with E-state index >= 15 is 0 Å². The molecule has 2 aromatic carbocycles. The van der Waals surface area contributed by atoms with Gasteiger partial charge in [-0.1, -0.05) is 48.6 Å². The average molecular weight is 376 g/mol. The summed E-state index contributed by atoms with van der Waals surface area (Å²) in [4.78, 5) is 0. The SMILES string of the molecule is COc1ccc(C=CCOC2(OC)C=CC(N=Nc3ccccc3)=CC2)cc1. The highest BCUT2D eigenvalue weighted by Gasteiger charge is 2.28. The van der Waals surface area contributed by atoms with E-state index in [-0.39, 0.29) is 0 Å². The van der Waals surface area contributed by atoms with Crippen molar-refractivity contribution in [1.29, 1.82) is 0 Å². The van der Waals surface area contributed by atoms with Gasteiger partial charge in [0.25, 0.3) is 0 Å². The minimum absolute atomic E-state index is 0.429. The summed E-state index contributed by atoms with van der Waals surface area (Å²) in [5, 5.41) is 8.50. The van der Waals surface area contributed by atoms with Gasteiger partial charge in [-0.2, -0.15) is 10.2 Å². The molecule has 0 radical (unpaired) electrons. The molecule has 0 saturated carbocycles. The van der Waals surface area contributed by atoms with Crippen LogP contribution in [-0.2, 0) is 9.47 Å². The lowest BCUT2D eigenvalue weighted by atomic mass is 10.1. The van der Waals surface area contributed by atoms with E-state index in [0.29, 0.717) is 13.0 Å². The molecule has 5 heteroatoms. The van der Waals surface area contributed by atoms with Crippen LogP contribution >= 0.6 is 0 Å². The van der Waals surface area contributed by atoms with Crippen molar-refractivity contribution in [3.8, 4) is 5.75 Å². The largest absolute Gasteiger partial charge is 0.497 e. The second kappa shape index (κ2) is 9.78. The molecule has 0 fully saturated rings. The van der Waals surface area contributed by atoms with Crippen LogP contribution in [0.1, 0.15) is 12.0 Å². The Morgan fingerprint density at radius 3 is 2.43 bits per heavy atom. The van der Waals surface area contributed by atoms with Gasteiger partial charge in [-0.25, -0.2) is 0 Å². The Hall–Kier alpha value is -3.02. The van der Waals surface area contributed by atoms with Gasteiger partial charge in [0.1, 0.15) is 5.75 Å². The molecule has 1 unspecified atom stereocenters. The molecule has 5 nitrogen and oxygen atoms in total. The maximum atomic E-state index is 5.96. The molecular formula is C23H24N2O3. The Morgan fingerprint density at radius 1 is 1.00 bits per heavy atom. The Labute approximate surface area is 165 Å². The van der Waals surface area contributed by atoms with Gasteiger partial charge in [0, 0.05) is 13.5 Å². The first kappa shape index (κ1) is 19.7. The molecule has 1 aliphatic rings. The van der Waals surface area contributed by atoms with Crippen molar-refractivity contribution in [3.63, 3.8) is 0 Å². The first-order valence-electron chi connectivity index (χ1n) is 9.09. The highest BCUT2D eigenvalue weighted by atomic mass is 16.7. The topological polar surface area (TPSA) is 52.4 Å². The summed E-state index contributed by atoms with van der Waals surface area (Å²) in [5.41, 5.74) is 2.69. The smallest absolute Gasteiger partial charge is 0.191 e. The van der Waals surface area contributed by atoms with Gasteiger partial charge in [0.15, 0.2) is 5.79 Å². The van der Waals surface area contributed by atoms with E-state index in [9.17, 15) is 0 Å². The van der Waals surface area contributed by atoms with Gasteiger partial charge in [0.05, 0.1) is 25.1 Å². The van der Waals surface area contributed by atoms with Gasteiger partial charge in [0.2, 0.25) is 0 Å². The molecule has 28 heavy (non-hydrogen) atoms. The number of ether oxygens (including phenoxy) is 3. The van der Waals surface area contributed by atoms with E-state index in [1.807, 2.05) is 85.0 Å². The zero-order valence-electron chi connectivity index (χ0n) is 16.1. The van der Waals surface area contributed by atoms with Crippen molar-refractivity contribution in [2.45, 2.75) is 12.2 Å². The molecule has 0 aromatic heterocycles. The van der Waals surface area contributed by atoms with Crippen molar-refractivity contribution in [2.75, 3.05) is 20.8 Å². The number of rotatable bonds is 8. The van der Waals surface area contributed by atoms with Crippen LogP contribution < -0.4 is 4.74 Å². The third kappa shape index (κ3) is 5.49. The lowest BCUT2D eigenvalue weighted by molar-refractivity contribution is -0.179. The Kier molecular flexibility index (Phi) is 6.89. The molecule has 0 spiro atoms. The fraction of sp³-hybridized carbons (Fsp3) is 0.217. The molecule has 1 atom stereocenters. The van der Waals surface area contributed by atoms with E-state index in [2.05, 4.69) is 10.2 Å².